The highest BCUT2D eigenvalue weighted by Crippen LogP contribution is 2.25. The van der Waals surface area contributed by atoms with Gasteiger partial charge < -0.3 is 5.11 Å². The van der Waals surface area contributed by atoms with Crippen LogP contribution in [0.25, 0.3) is 0 Å². The lowest BCUT2D eigenvalue weighted by molar-refractivity contribution is -0.137. The van der Waals surface area contributed by atoms with Gasteiger partial charge in [-0.25, -0.2) is 8.78 Å². The lowest BCUT2D eigenvalue weighted by Crippen LogP contribution is -2.06. The lowest BCUT2D eigenvalue weighted by atomic mass is 9.94. The largest absolute Gasteiger partial charge is 0.481 e. The van der Waals surface area contributed by atoms with Gasteiger partial charge in [0.25, 0.3) is 0 Å². The first-order valence-electron chi connectivity index (χ1n) is 4.61. The number of carboxylic acid groups (broad SMARTS) is 1. The van der Waals surface area contributed by atoms with E-state index in [0.717, 1.165) is 12.1 Å². The SMILES string of the molecule is N#CC(CCC(=O)O)c1c(F)cccc1F. The second-order valence-electron chi connectivity index (χ2n) is 3.25. The first kappa shape index (κ1) is 12.1. The first-order valence-corrected chi connectivity index (χ1v) is 4.61. The molecule has 1 aromatic carbocycles. The number of nitriles is 1. The fourth-order valence-electron chi connectivity index (χ4n) is 1.38. The van der Waals surface area contributed by atoms with Crippen LogP contribution < -0.4 is 0 Å². The van der Waals surface area contributed by atoms with Gasteiger partial charge in [-0.2, -0.15) is 5.26 Å². The molecule has 1 rings (SSSR count). The third-order valence-corrected chi connectivity index (χ3v) is 2.15. The Balaban J connectivity index is 2.96. The van der Waals surface area contributed by atoms with Gasteiger partial charge in [0, 0.05) is 12.0 Å². The monoisotopic (exact) mass is 225 g/mol. The van der Waals surface area contributed by atoms with Crippen LogP contribution in [0.1, 0.15) is 24.3 Å². The van der Waals surface area contributed by atoms with E-state index < -0.39 is 23.5 Å². The number of hydrogen-bond donors (Lipinski definition) is 1. The fourth-order valence-corrected chi connectivity index (χ4v) is 1.38. The van der Waals surface area contributed by atoms with Crippen molar-refractivity contribution in [3.63, 3.8) is 0 Å². The molecule has 3 nitrogen and oxygen atoms in total. The topological polar surface area (TPSA) is 61.1 Å². The summed E-state index contributed by atoms with van der Waals surface area (Å²) in [5.41, 5.74) is -0.355. The third kappa shape index (κ3) is 2.76. The minimum atomic E-state index is -1.10. The number of carboxylic acids is 1. The van der Waals surface area contributed by atoms with Crippen LogP contribution in [0.3, 0.4) is 0 Å². The van der Waals surface area contributed by atoms with Crippen LogP contribution in [-0.4, -0.2) is 11.1 Å². The second kappa shape index (κ2) is 5.21. The molecule has 1 N–H and O–H groups in total. The maximum atomic E-state index is 13.3. The average Bonchev–Trinajstić information content (AvgIpc) is 2.22. The van der Waals surface area contributed by atoms with Crippen molar-refractivity contribution in [2.24, 2.45) is 0 Å². The molecule has 0 spiro atoms. The van der Waals surface area contributed by atoms with E-state index in [9.17, 15) is 13.6 Å². The zero-order valence-corrected chi connectivity index (χ0v) is 8.28. The van der Waals surface area contributed by atoms with Crippen LogP contribution >= 0.6 is 0 Å². The van der Waals surface area contributed by atoms with Crippen molar-refractivity contribution in [2.45, 2.75) is 18.8 Å². The van der Waals surface area contributed by atoms with Crippen molar-refractivity contribution in [3.8, 4) is 6.07 Å². The molecule has 16 heavy (non-hydrogen) atoms. The van der Waals surface area contributed by atoms with Crippen LogP contribution in [0.5, 0.6) is 0 Å². The highest BCUT2D eigenvalue weighted by Gasteiger charge is 2.20. The Hall–Kier alpha value is -1.96. The van der Waals surface area contributed by atoms with Gasteiger partial charge >= 0.3 is 5.97 Å². The number of benzene rings is 1. The Labute approximate surface area is 90.9 Å². The summed E-state index contributed by atoms with van der Waals surface area (Å²) < 4.78 is 26.5. The summed E-state index contributed by atoms with van der Waals surface area (Å²) >= 11 is 0. The van der Waals surface area contributed by atoms with Crippen LogP contribution in [-0.2, 0) is 4.79 Å². The van der Waals surface area contributed by atoms with Gasteiger partial charge in [0.05, 0.1) is 12.0 Å². The van der Waals surface area contributed by atoms with Gasteiger partial charge in [0.1, 0.15) is 11.6 Å². The molecule has 1 aromatic rings. The molecule has 0 fully saturated rings. The Kier molecular flexibility index (Phi) is 3.95. The van der Waals surface area contributed by atoms with E-state index in [0.29, 0.717) is 0 Å². The normalized spacial score (nSPS) is 11.8. The summed E-state index contributed by atoms with van der Waals surface area (Å²) in [7, 11) is 0. The van der Waals surface area contributed by atoms with Gasteiger partial charge in [0.15, 0.2) is 0 Å². The molecule has 0 radical (unpaired) electrons. The molecule has 0 aliphatic heterocycles. The van der Waals surface area contributed by atoms with E-state index in [1.54, 1.807) is 6.07 Å². The van der Waals surface area contributed by atoms with Crippen LogP contribution in [0.4, 0.5) is 8.78 Å². The van der Waals surface area contributed by atoms with Gasteiger partial charge in [-0.3, -0.25) is 4.79 Å². The Morgan fingerprint density at radius 1 is 1.44 bits per heavy atom. The van der Waals surface area contributed by atoms with Gasteiger partial charge in [0.2, 0.25) is 0 Å². The summed E-state index contributed by atoms with van der Waals surface area (Å²) in [5.74, 6) is -3.82. The van der Waals surface area contributed by atoms with E-state index in [4.69, 9.17) is 10.4 Å². The van der Waals surface area contributed by atoms with Crippen molar-refractivity contribution in [2.75, 3.05) is 0 Å². The number of carbonyl (C=O) groups is 1. The predicted molar refractivity (Wildman–Crippen MR) is 51.6 cm³/mol. The standard InChI is InChI=1S/C11H9F2NO2/c12-8-2-1-3-9(13)11(8)7(6-14)4-5-10(15)16/h1-3,7H,4-5H2,(H,15,16). The van der Waals surface area contributed by atoms with Gasteiger partial charge in [-0.1, -0.05) is 6.07 Å². The molecule has 84 valence electrons. The zero-order valence-electron chi connectivity index (χ0n) is 8.28. The highest BCUT2D eigenvalue weighted by atomic mass is 19.1. The minimum absolute atomic E-state index is 0.107. The first-order chi connectivity index (χ1) is 7.56. The molecule has 5 heteroatoms. The third-order valence-electron chi connectivity index (χ3n) is 2.15. The maximum Gasteiger partial charge on any atom is 0.303 e. The zero-order chi connectivity index (χ0) is 12.1. The van der Waals surface area contributed by atoms with Crippen molar-refractivity contribution in [1.29, 1.82) is 5.26 Å². The maximum absolute atomic E-state index is 13.3. The smallest absolute Gasteiger partial charge is 0.303 e. The quantitative estimate of drug-likeness (QED) is 0.855. The minimum Gasteiger partial charge on any atom is -0.481 e. The molecule has 1 unspecified atom stereocenters. The average molecular weight is 225 g/mol. The predicted octanol–water partition coefficient (Wildman–Crippen LogP) is 2.44. The summed E-state index contributed by atoms with van der Waals surface area (Å²) in [4.78, 5) is 10.3. The molecular weight excluding hydrogens is 216 g/mol. The summed E-state index contributed by atoms with van der Waals surface area (Å²) in [6.45, 7) is 0. The number of rotatable bonds is 4. The molecular formula is C11H9F2NO2. The lowest BCUT2D eigenvalue weighted by Gasteiger charge is -2.09. The van der Waals surface area contributed by atoms with E-state index in [-0.39, 0.29) is 18.4 Å². The Morgan fingerprint density at radius 2 is 2.00 bits per heavy atom. The van der Waals surface area contributed by atoms with Crippen molar-refractivity contribution >= 4 is 5.97 Å². The van der Waals surface area contributed by atoms with Crippen LogP contribution in [0.2, 0.25) is 0 Å². The summed E-state index contributed by atoms with van der Waals surface area (Å²) in [6, 6.07) is 5.00. The summed E-state index contributed by atoms with van der Waals surface area (Å²) in [5, 5.41) is 17.2. The number of aliphatic carboxylic acids is 1. The van der Waals surface area contributed by atoms with Crippen molar-refractivity contribution in [1.82, 2.24) is 0 Å². The van der Waals surface area contributed by atoms with E-state index in [1.165, 1.54) is 6.07 Å². The second-order valence-corrected chi connectivity index (χ2v) is 3.25. The number of halogens is 2. The molecule has 0 heterocycles. The molecule has 0 aliphatic carbocycles. The molecule has 0 bridgehead atoms. The van der Waals surface area contributed by atoms with Crippen molar-refractivity contribution in [3.05, 3.63) is 35.4 Å². The van der Waals surface area contributed by atoms with Crippen LogP contribution in [0, 0.1) is 23.0 Å². The highest BCUT2D eigenvalue weighted by molar-refractivity contribution is 5.66. The van der Waals surface area contributed by atoms with E-state index in [2.05, 4.69) is 0 Å². The van der Waals surface area contributed by atoms with Gasteiger partial charge in [-0.15, -0.1) is 0 Å². The molecule has 0 saturated carbocycles. The summed E-state index contributed by atoms with van der Waals surface area (Å²) in [6.07, 6.45) is -0.407. The van der Waals surface area contributed by atoms with Gasteiger partial charge in [-0.05, 0) is 18.6 Å². The molecule has 0 amide bonds. The Morgan fingerprint density at radius 3 is 2.44 bits per heavy atom. The number of nitrogens with zero attached hydrogens (tertiary/aromatic N) is 1. The van der Waals surface area contributed by atoms with E-state index >= 15 is 0 Å². The molecule has 1 atom stereocenters. The molecule has 0 saturated heterocycles. The van der Waals surface area contributed by atoms with E-state index in [1.807, 2.05) is 0 Å². The van der Waals surface area contributed by atoms with Crippen molar-refractivity contribution < 1.29 is 18.7 Å². The van der Waals surface area contributed by atoms with Crippen LogP contribution in [0.15, 0.2) is 18.2 Å². The fraction of sp³-hybridized carbons (Fsp3) is 0.273. The molecule has 0 aliphatic rings. The Bertz CT molecular complexity index is 420. The number of hydrogen-bond acceptors (Lipinski definition) is 2. The molecule has 0 aromatic heterocycles.